The number of carbonyl (C=O) groups is 1. The van der Waals surface area contributed by atoms with E-state index in [4.69, 9.17) is 0 Å². The fourth-order valence-corrected chi connectivity index (χ4v) is 3.98. The third kappa shape index (κ3) is 2.84. The Morgan fingerprint density at radius 3 is 2.64 bits per heavy atom. The van der Waals surface area contributed by atoms with Crippen LogP contribution in [0.4, 0.5) is 13.9 Å². The molecule has 4 rings (SSSR count). The Bertz CT molecular complexity index is 945. The van der Waals surface area contributed by atoms with Crippen LogP contribution in [-0.2, 0) is 7.05 Å². The van der Waals surface area contributed by atoms with Gasteiger partial charge in [0.15, 0.2) is 10.9 Å². The summed E-state index contributed by atoms with van der Waals surface area (Å²) in [5, 5.41) is 4.66. The molecule has 0 saturated carbocycles. The Labute approximate surface area is 146 Å². The van der Waals surface area contributed by atoms with Crippen LogP contribution in [0, 0.1) is 11.6 Å². The quantitative estimate of drug-likeness (QED) is 0.701. The van der Waals surface area contributed by atoms with Crippen LogP contribution in [0.5, 0.6) is 0 Å². The van der Waals surface area contributed by atoms with Crippen molar-refractivity contribution in [1.29, 1.82) is 0 Å². The van der Waals surface area contributed by atoms with Gasteiger partial charge in [-0.2, -0.15) is 5.10 Å². The van der Waals surface area contributed by atoms with Gasteiger partial charge < -0.3 is 9.80 Å². The minimum atomic E-state index is -0.650. The number of rotatable bonds is 2. The smallest absolute Gasteiger partial charge is 0.272 e. The van der Waals surface area contributed by atoms with Gasteiger partial charge in [-0.1, -0.05) is 11.3 Å². The number of anilines is 1. The number of nitrogens with zero attached hydrogens (tertiary/aromatic N) is 5. The first-order valence-corrected chi connectivity index (χ1v) is 8.62. The molecule has 3 aromatic rings. The van der Waals surface area contributed by atoms with Gasteiger partial charge in [0.2, 0.25) is 0 Å². The molecule has 6 nitrogen and oxygen atoms in total. The minimum Gasteiger partial charge on any atom is -0.345 e. The van der Waals surface area contributed by atoms with E-state index in [1.807, 2.05) is 4.90 Å². The van der Waals surface area contributed by atoms with E-state index < -0.39 is 11.6 Å². The van der Waals surface area contributed by atoms with E-state index in [0.717, 1.165) is 6.07 Å². The van der Waals surface area contributed by atoms with E-state index >= 15 is 0 Å². The second-order valence-corrected chi connectivity index (χ2v) is 6.86. The molecule has 1 amide bonds. The molecule has 0 N–H and O–H groups in total. The SMILES string of the molecule is Cn1nccc1C(=O)N1CCN(c2nc3c(F)cc(F)cc3s2)CC1. The third-order valence-corrected chi connectivity index (χ3v) is 5.34. The number of fused-ring (bicyclic) bond motifs is 1. The van der Waals surface area contributed by atoms with Gasteiger partial charge in [-0.15, -0.1) is 0 Å². The first-order chi connectivity index (χ1) is 12.0. The molecule has 9 heteroatoms. The zero-order chi connectivity index (χ0) is 17.6. The first-order valence-electron chi connectivity index (χ1n) is 7.81. The summed E-state index contributed by atoms with van der Waals surface area (Å²) in [6.07, 6.45) is 1.60. The molecule has 0 aliphatic carbocycles. The van der Waals surface area contributed by atoms with Crippen molar-refractivity contribution in [3.05, 3.63) is 41.7 Å². The van der Waals surface area contributed by atoms with Crippen molar-refractivity contribution < 1.29 is 13.6 Å². The van der Waals surface area contributed by atoms with E-state index in [0.29, 0.717) is 41.7 Å². The summed E-state index contributed by atoms with van der Waals surface area (Å²) in [5.41, 5.74) is 0.737. The fourth-order valence-electron chi connectivity index (χ4n) is 2.93. The number of halogens is 2. The van der Waals surface area contributed by atoms with Crippen LogP contribution in [-0.4, -0.2) is 51.8 Å². The van der Waals surface area contributed by atoms with Crippen LogP contribution in [0.2, 0.25) is 0 Å². The zero-order valence-corrected chi connectivity index (χ0v) is 14.3. The highest BCUT2D eigenvalue weighted by Crippen LogP contribution is 2.31. The predicted molar refractivity (Wildman–Crippen MR) is 90.9 cm³/mol. The number of carbonyl (C=O) groups excluding carboxylic acids is 1. The fraction of sp³-hybridized carbons (Fsp3) is 0.312. The molecule has 1 aliphatic heterocycles. The average Bonchev–Trinajstić information content (AvgIpc) is 3.20. The summed E-state index contributed by atoms with van der Waals surface area (Å²) < 4.78 is 29.2. The Balaban J connectivity index is 1.49. The summed E-state index contributed by atoms with van der Waals surface area (Å²) in [7, 11) is 1.73. The molecule has 1 aliphatic rings. The van der Waals surface area contributed by atoms with Crippen molar-refractivity contribution in [2.24, 2.45) is 7.05 Å². The maximum atomic E-state index is 13.8. The lowest BCUT2D eigenvalue weighted by atomic mass is 10.3. The summed E-state index contributed by atoms with van der Waals surface area (Å²) in [6, 6.07) is 3.83. The van der Waals surface area contributed by atoms with Gasteiger partial charge >= 0.3 is 0 Å². The highest BCUT2D eigenvalue weighted by atomic mass is 32.1. The monoisotopic (exact) mass is 363 g/mol. The van der Waals surface area contributed by atoms with Crippen LogP contribution < -0.4 is 4.90 Å². The number of aromatic nitrogens is 3. The van der Waals surface area contributed by atoms with Crippen LogP contribution in [0.15, 0.2) is 24.4 Å². The van der Waals surface area contributed by atoms with Crippen molar-refractivity contribution in [1.82, 2.24) is 19.7 Å². The molecule has 25 heavy (non-hydrogen) atoms. The highest BCUT2D eigenvalue weighted by Gasteiger charge is 2.25. The van der Waals surface area contributed by atoms with Crippen molar-refractivity contribution in [3.8, 4) is 0 Å². The zero-order valence-electron chi connectivity index (χ0n) is 13.4. The highest BCUT2D eigenvalue weighted by molar-refractivity contribution is 7.22. The lowest BCUT2D eigenvalue weighted by molar-refractivity contribution is 0.0735. The van der Waals surface area contributed by atoms with Crippen molar-refractivity contribution in [2.75, 3.05) is 31.1 Å². The molecular weight excluding hydrogens is 348 g/mol. The normalized spacial score (nSPS) is 15.2. The van der Waals surface area contributed by atoms with Gasteiger partial charge in [-0.25, -0.2) is 13.8 Å². The second-order valence-electron chi connectivity index (χ2n) is 5.85. The number of aryl methyl sites for hydroxylation is 1. The van der Waals surface area contributed by atoms with Gasteiger partial charge in [0.25, 0.3) is 5.91 Å². The third-order valence-electron chi connectivity index (χ3n) is 4.28. The largest absolute Gasteiger partial charge is 0.345 e. The minimum absolute atomic E-state index is 0.0583. The lowest BCUT2D eigenvalue weighted by Gasteiger charge is -2.34. The second kappa shape index (κ2) is 6.07. The van der Waals surface area contributed by atoms with Crippen LogP contribution in [0.1, 0.15) is 10.5 Å². The molecule has 0 radical (unpaired) electrons. The molecule has 0 bridgehead atoms. The van der Waals surface area contributed by atoms with Gasteiger partial charge in [0.1, 0.15) is 17.0 Å². The Morgan fingerprint density at radius 1 is 1.20 bits per heavy atom. The number of benzene rings is 1. The number of thiazole rings is 1. The van der Waals surface area contributed by atoms with Gasteiger partial charge in [-0.3, -0.25) is 9.48 Å². The standard InChI is InChI=1S/C16H15F2N5OS/c1-21-12(2-3-19-21)15(24)22-4-6-23(7-5-22)16-20-14-11(18)8-10(17)9-13(14)25-16/h2-3,8-9H,4-7H2,1H3. The average molecular weight is 363 g/mol. The molecule has 130 valence electrons. The molecule has 1 fully saturated rings. The molecule has 1 aromatic carbocycles. The van der Waals surface area contributed by atoms with Gasteiger partial charge in [0.05, 0.1) is 4.70 Å². The molecule has 3 heterocycles. The predicted octanol–water partition coefficient (Wildman–Crippen LogP) is 2.27. The first kappa shape index (κ1) is 15.9. The van der Waals surface area contributed by atoms with E-state index in [9.17, 15) is 13.6 Å². The number of hydrogen-bond donors (Lipinski definition) is 0. The summed E-state index contributed by atoms with van der Waals surface area (Å²) in [6.45, 7) is 2.26. The van der Waals surface area contributed by atoms with E-state index in [1.54, 1.807) is 28.9 Å². The maximum absolute atomic E-state index is 13.8. The summed E-state index contributed by atoms with van der Waals surface area (Å²) in [5.74, 6) is -1.31. The van der Waals surface area contributed by atoms with E-state index in [-0.39, 0.29) is 11.4 Å². The molecular formula is C16H15F2N5OS. The van der Waals surface area contributed by atoms with Gasteiger partial charge in [0, 0.05) is 45.5 Å². The number of amides is 1. The Morgan fingerprint density at radius 2 is 1.96 bits per heavy atom. The van der Waals surface area contributed by atoms with Gasteiger partial charge in [-0.05, 0) is 12.1 Å². The number of hydrogen-bond acceptors (Lipinski definition) is 5. The topological polar surface area (TPSA) is 54.3 Å². The Hall–Kier alpha value is -2.55. The summed E-state index contributed by atoms with van der Waals surface area (Å²) in [4.78, 5) is 20.5. The van der Waals surface area contributed by atoms with Crippen molar-refractivity contribution in [3.63, 3.8) is 0 Å². The summed E-state index contributed by atoms with van der Waals surface area (Å²) >= 11 is 1.26. The molecule has 2 aromatic heterocycles. The van der Waals surface area contributed by atoms with E-state index in [2.05, 4.69) is 10.1 Å². The maximum Gasteiger partial charge on any atom is 0.272 e. The Kier molecular flexibility index (Phi) is 3.87. The molecule has 0 spiro atoms. The molecule has 0 atom stereocenters. The lowest BCUT2D eigenvalue weighted by Crippen LogP contribution is -2.49. The van der Waals surface area contributed by atoms with Crippen molar-refractivity contribution >= 4 is 32.6 Å². The van der Waals surface area contributed by atoms with Crippen LogP contribution in [0.3, 0.4) is 0 Å². The molecule has 0 unspecified atom stereocenters. The van der Waals surface area contributed by atoms with Crippen molar-refractivity contribution in [2.45, 2.75) is 0 Å². The van der Waals surface area contributed by atoms with Crippen LogP contribution in [0.25, 0.3) is 10.2 Å². The molecule has 1 saturated heterocycles. The van der Waals surface area contributed by atoms with Crippen LogP contribution >= 0.6 is 11.3 Å². The van der Waals surface area contributed by atoms with E-state index in [1.165, 1.54) is 17.4 Å². The number of piperazine rings is 1.